The van der Waals surface area contributed by atoms with Crippen LogP contribution in [0.1, 0.15) is 6.42 Å². The molecule has 0 aromatic carbocycles. The molecular weight excluding hydrogens is 128 g/mol. The van der Waals surface area contributed by atoms with Crippen molar-refractivity contribution in [2.45, 2.75) is 12.5 Å². The summed E-state index contributed by atoms with van der Waals surface area (Å²) in [6.07, 6.45) is 0.208. The largest absolute Gasteiger partial charge is 0.391 e. The molecule has 1 aliphatic rings. The molecule has 3 nitrogen and oxygen atoms in total. The molecule has 2 atom stereocenters. The molecule has 0 aromatic rings. The van der Waals surface area contributed by atoms with Gasteiger partial charge in [0.15, 0.2) is 11.1 Å². The zero-order valence-corrected chi connectivity index (χ0v) is 5.19. The van der Waals surface area contributed by atoms with Gasteiger partial charge < -0.3 is 5.11 Å². The fourth-order valence-corrected chi connectivity index (χ4v) is 1.42. The van der Waals surface area contributed by atoms with Crippen molar-refractivity contribution >= 4 is 11.1 Å². The molecule has 0 saturated carbocycles. The Morgan fingerprint density at radius 1 is 1.75 bits per heavy atom. The Kier molecular flexibility index (Phi) is 1.99. The van der Waals surface area contributed by atoms with Crippen molar-refractivity contribution < 1.29 is 13.5 Å². The third-order valence-electron chi connectivity index (χ3n) is 1.01. The molecule has 1 aliphatic heterocycles. The Morgan fingerprint density at radius 3 is 2.88 bits per heavy atom. The zero-order valence-electron chi connectivity index (χ0n) is 4.37. The molecule has 0 aliphatic carbocycles. The summed E-state index contributed by atoms with van der Waals surface area (Å²) in [4.78, 5) is 0. The number of aliphatic hydroxyl groups excluding tert-OH is 1. The van der Waals surface area contributed by atoms with Crippen LogP contribution in [0.25, 0.3) is 0 Å². The minimum Gasteiger partial charge on any atom is -0.391 e. The normalized spacial score (nSPS) is 39.6. The van der Waals surface area contributed by atoms with Crippen molar-refractivity contribution in [3.63, 3.8) is 0 Å². The van der Waals surface area contributed by atoms with Crippen molar-refractivity contribution in [1.29, 1.82) is 0 Å². The van der Waals surface area contributed by atoms with Crippen LogP contribution in [0.2, 0.25) is 0 Å². The van der Waals surface area contributed by atoms with Crippen LogP contribution in [-0.2, 0) is 15.3 Å². The lowest BCUT2D eigenvalue weighted by Crippen LogP contribution is -2.25. The highest BCUT2D eigenvalue weighted by Crippen LogP contribution is 2.03. The summed E-state index contributed by atoms with van der Waals surface area (Å²) < 4.78 is 15.0. The standard InChI is InChI=1S/C4H8O3S/c5-4-1-2-8(6)7-3-4/h4-5H,1-3H2. The first-order valence-corrected chi connectivity index (χ1v) is 3.73. The van der Waals surface area contributed by atoms with Gasteiger partial charge in [-0.15, -0.1) is 0 Å². The Labute approximate surface area is 50.3 Å². The molecule has 1 rings (SSSR count). The van der Waals surface area contributed by atoms with E-state index in [2.05, 4.69) is 4.18 Å². The van der Waals surface area contributed by atoms with E-state index in [1.54, 1.807) is 0 Å². The van der Waals surface area contributed by atoms with Crippen LogP contribution in [0.5, 0.6) is 0 Å². The molecule has 0 bridgehead atoms. The van der Waals surface area contributed by atoms with E-state index in [1.165, 1.54) is 0 Å². The fraction of sp³-hybridized carbons (Fsp3) is 1.00. The molecule has 0 spiro atoms. The maximum Gasteiger partial charge on any atom is 0.155 e. The van der Waals surface area contributed by atoms with E-state index in [0.29, 0.717) is 12.2 Å². The summed E-state index contributed by atoms with van der Waals surface area (Å²) in [5, 5.41) is 8.77. The van der Waals surface area contributed by atoms with Gasteiger partial charge in [0.25, 0.3) is 0 Å². The molecule has 8 heavy (non-hydrogen) atoms. The third kappa shape index (κ3) is 1.54. The number of aliphatic hydroxyl groups is 1. The molecule has 1 heterocycles. The van der Waals surface area contributed by atoms with Gasteiger partial charge in [-0.3, -0.25) is 4.18 Å². The molecule has 0 aromatic heterocycles. The van der Waals surface area contributed by atoms with Crippen LogP contribution >= 0.6 is 0 Å². The molecule has 48 valence electrons. The highest BCUT2D eigenvalue weighted by Gasteiger charge is 2.14. The summed E-state index contributed by atoms with van der Waals surface area (Å²) in [5.74, 6) is 0.473. The van der Waals surface area contributed by atoms with Gasteiger partial charge >= 0.3 is 0 Å². The average Bonchev–Trinajstić information content (AvgIpc) is 1.77. The van der Waals surface area contributed by atoms with E-state index in [0.717, 1.165) is 0 Å². The molecule has 1 fully saturated rings. The van der Waals surface area contributed by atoms with Gasteiger partial charge in [0.1, 0.15) is 0 Å². The minimum atomic E-state index is -1.12. The number of hydrogen-bond acceptors (Lipinski definition) is 3. The van der Waals surface area contributed by atoms with Gasteiger partial charge in [0.2, 0.25) is 0 Å². The van der Waals surface area contributed by atoms with Gasteiger partial charge in [-0.2, -0.15) is 0 Å². The summed E-state index contributed by atoms with van der Waals surface area (Å²) in [6.45, 7) is 0.229. The van der Waals surface area contributed by atoms with E-state index in [9.17, 15) is 4.21 Å². The lowest BCUT2D eigenvalue weighted by molar-refractivity contribution is 0.100. The van der Waals surface area contributed by atoms with Gasteiger partial charge in [-0.25, -0.2) is 4.21 Å². The van der Waals surface area contributed by atoms with Crippen molar-refractivity contribution in [2.24, 2.45) is 0 Å². The Bertz CT molecular complexity index is 93.5. The average molecular weight is 136 g/mol. The molecule has 0 radical (unpaired) electrons. The monoisotopic (exact) mass is 136 g/mol. The van der Waals surface area contributed by atoms with Crippen molar-refractivity contribution in [2.75, 3.05) is 12.4 Å². The van der Waals surface area contributed by atoms with Crippen LogP contribution in [0, 0.1) is 0 Å². The zero-order chi connectivity index (χ0) is 5.98. The fourth-order valence-electron chi connectivity index (χ4n) is 0.529. The van der Waals surface area contributed by atoms with Gasteiger partial charge in [-0.05, 0) is 6.42 Å². The van der Waals surface area contributed by atoms with Crippen molar-refractivity contribution in [1.82, 2.24) is 0 Å². The molecule has 1 N–H and O–H groups in total. The van der Waals surface area contributed by atoms with E-state index in [4.69, 9.17) is 5.11 Å². The second-order valence-electron chi connectivity index (χ2n) is 1.73. The first-order valence-electron chi connectivity index (χ1n) is 2.49. The number of rotatable bonds is 0. The van der Waals surface area contributed by atoms with E-state index in [-0.39, 0.29) is 6.61 Å². The molecule has 0 amide bonds. The lowest BCUT2D eigenvalue weighted by atomic mass is 10.3. The lowest BCUT2D eigenvalue weighted by Gasteiger charge is -2.14. The molecule has 2 unspecified atom stereocenters. The maximum absolute atomic E-state index is 10.4. The van der Waals surface area contributed by atoms with Crippen LogP contribution in [-0.4, -0.2) is 27.8 Å². The van der Waals surface area contributed by atoms with E-state index < -0.39 is 17.2 Å². The van der Waals surface area contributed by atoms with Gasteiger partial charge in [0, 0.05) is 0 Å². The molecule has 4 heteroatoms. The topological polar surface area (TPSA) is 46.5 Å². The quantitative estimate of drug-likeness (QED) is 0.485. The summed E-state index contributed by atoms with van der Waals surface area (Å²) in [5.41, 5.74) is 0. The SMILES string of the molecule is O=S1CCC(O)CO1. The van der Waals surface area contributed by atoms with E-state index >= 15 is 0 Å². The Balaban J connectivity index is 2.29. The highest BCUT2D eigenvalue weighted by atomic mass is 32.2. The summed E-state index contributed by atoms with van der Waals surface area (Å²) >= 11 is -1.12. The summed E-state index contributed by atoms with van der Waals surface area (Å²) in [6, 6.07) is 0. The first-order chi connectivity index (χ1) is 3.79. The Hall–Kier alpha value is 0.0700. The highest BCUT2D eigenvalue weighted by molar-refractivity contribution is 7.80. The first kappa shape index (κ1) is 6.19. The van der Waals surface area contributed by atoms with Gasteiger partial charge in [0.05, 0.1) is 18.5 Å². The van der Waals surface area contributed by atoms with Crippen LogP contribution in [0.4, 0.5) is 0 Å². The van der Waals surface area contributed by atoms with Crippen LogP contribution in [0.15, 0.2) is 0 Å². The van der Waals surface area contributed by atoms with Crippen LogP contribution < -0.4 is 0 Å². The number of hydrogen-bond donors (Lipinski definition) is 1. The predicted octanol–water partition coefficient (Wildman–Crippen LogP) is -0.569. The minimum absolute atomic E-state index is 0.229. The van der Waals surface area contributed by atoms with Crippen molar-refractivity contribution in [3.8, 4) is 0 Å². The second kappa shape index (κ2) is 2.57. The van der Waals surface area contributed by atoms with E-state index in [1.807, 2.05) is 0 Å². The smallest absolute Gasteiger partial charge is 0.155 e. The molecular formula is C4H8O3S. The van der Waals surface area contributed by atoms with Gasteiger partial charge in [-0.1, -0.05) is 0 Å². The molecule has 1 saturated heterocycles. The summed E-state index contributed by atoms with van der Waals surface area (Å²) in [7, 11) is 0. The maximum atomic E-state index is 10.4. The van der Waals surface area contributed by atoms with Crippen molar-refractivity contribution in [3.05, 3.63) is 0 Å². The third-order valence-corrected chi connectivity index (χ3v) is 1.98. The second-order valence-corrected chi connectivity index (χ2v) is 2.99. The Morgan fingerprint density at radius 2 is 2.50 bits per heavy atom. The van der Waals surface area contributed by atoms with Crippen LogP contribution in [0.3, 0.4) is 0 Å². The predicted molar refractivity (Wildman–Crippen MR) is 29.6 cm³/mol.